The lowest BCUT2D eigenvalue weighted by atomic mass is 10.2. The van der Waals surface area contributed by atoms with Gasteiger partial charge in [-0.3, -0.25) is 4.98 Å². The predicted molar refractivity (Wildman–Crippen MR) is 70.0 cm³/mol. The van der Waals surface area contributed by atoms with Crippen LogP contribution in [0.1, 0.15) is 11.1 Å². The maximum atomic E-state index is 9.32. The van der Waals surface area contributed by atoms with E-state index < -0.39 is 0 Å². The molecule has 0 unspecified atom stereocenters. The number of imidazole rings is 1. The van der Waals surface area contributed by atoms with Crippen molar-refractivity contribution in [2.75, 3.05) is 0 Å². The normalized spacial score (nSPS) is 11.0. The smallest absolute Gasteiger partial charge is 0.157 e. The lowest BCUT2D eigenvalue weighted by Crippen LogP contribution is -1.93. The summed E-state index contributed by atoms with van der Waals surface area (Å²) in [6, 6.07) is 9.71. The fourth-order valence-electron chi connectivity index (χ4n) is 2.02. The van der Waals surface area contributed by atoms with Gasteiger partial charge in [0.2, 0.25) is 0 Å². The van der Waals surface area contributed by atoms with Crippen molar-refractivity contribution in [3.63, 3.8) is 0 Å². The molecule has 18 heavy (non-hydrogen) atoms. The molecular formula is C14H13N3O. The third-order valence-electron chi connectivity index (χ3n) is 2.92. The number of aromatic nitrogens is 3. The van der Waals surface area contributed by atoms with Crippen LogP contribution in [0.25, 0.3) is 22.6 Å². The van der Waals surface area contributed by atoms with Gasteiger partial charge in [-0.2, -0.15) is 0 Å². The second-order valence-corrected chi connectivity index (χ2v) is 4.28. The molecule has 0 bridgehead atoms. The summed E-state index contributed by atoms with van der Waals surface area (Å²) in [4.78, 5) is 12.0. The number of benzene rings is 1. The van der Waals surface area contributed by atoms with Gasteiger partial charge in [-0.15, -0.1) is 0 Å². The van der Waals surface area contributed by atoms with Gasteiger partial charge in [-0.1, -0.05) is 12.1 Å². The molecule has 2 aromatic heterocycles. The molecule has 2 N–H and O–H groups in total. The number of nitrogens with zero attached hydrogens (tertiary/aromatic N) is 2. The summed E-state index contributed by atoms with van der Waals surface area (Å²) < 4.78 is 0. The average molecular weight is 239 g/mol. The Morgan fingerprint density at radius 3 is 3.00 bits per heavy atom. The van der Waals surface area contributed by atoms with Crippen molar-refractivity contribution in [3.8, 4) is 11.5 Å². The third kappa shape index (κ3) is 1.76. The minimum Gasteiger partial charge on any atom is -0.392 e. The Hall–Kier alpha value is -2.20. The van der Waals surface area contributed by atoms with Crippen LogP contribution in [0.15, 0.2) is 36.5 Å². The van der Waals surface area contributed by atoms with E-state index in [9.17, 15) is 5.11 Å². The van der Waals surface area contributed by atoms with Crippen LogP contribution in [0.3, 0.4) is 0 Å². The Labute approximate surface area is 104 Å². The minimum absolute atomic E-state index is 0.0424. The molecule has 2 heterocycles. The topological polar surface area (TPSA) is 61.8 Å². The van der Waals surface area contributed by atoms with Gasteiger partial charge in [0.05, 0.1) is 17.6 Å². The summed E-state index contributed by atoms with van der Waals surface area (Å²) in [5.41, 5.74) is 4.55. The Bertz CT molecular complexity index is 703. The van der Waals surface area contributed by atoms with Gasteiger partial charge in [0.15, 0.2) is 5.82 Å². The van der Waals surface area contributed by atoms with Crippen LogP contribution in [-0.4, -0.2) is 20.1 Å². The average Bonchev–Trinajstić information content (AvgIpc) is 2.81. The van der Waals surface area contributed by atoms with Gasteiger partial charge < -0.3 is 10.1 Å². The zero-order valence-electron chi connectivity index (χ0n) is 10.0. The summed E-state index contributed by atoms with van der Waals surface area (Å²) >= 11 is 0. The second kappa shape index (κ2) is 4.23. The number of H-pyrrole nitrogens is 1. The molecule has 0 aliphatic heterocycles. The van der Waals surface area contributed by atoms with Crippen molar-refractivity contribution in [2.24, 2.45) is 0 Å². The van der Waals surface area contributed by atoms with Crippen molar-refractivity contribution in [2.45, 2.75) is 13.5 Å². The van der Waals surface area contributed by atoms with Crippen LogP contribution in [0.5, 0.6) is 0 Å². The Morgan fingerprint density at radius 2 is 2.17 bits per heavy atom. The lowest BCUT2D eigenvalue weighted by Gasteiger charge is -2.01. The van der Waals surface area contributed by atoms with Crippen molar-refractivity contribution in [1.29, 1.82) is 0 Å². The summed E-state index contributed by atoms with van der Waals surface area (Å²) in [5.74, 6) is 0.695. The fourth-order valence-corrected chi connectivity index (χ4v) is 2.02. The predicted octanol–water partition coefficient (Wildman–Crippen LogP) is 2.43. The van der Waals surface area contributed by atoms with E-state index in [-0.39, 0.29) is 6.61 Å². The molecule has 0 aliphatic carbocycles. The van der Waals surface area contributed by atoms with E-state index >= 15 is 0 Å². The molecular weight excluding hydrogens is 226 g/mol. The number of rotatable bonds is 2. The summed E-state index contributed by atoms with van der Waals surface area (Å²) in [6.45, 7) is 2.00. The summed E-state index contributed by atoms with van der Waals surface area (Å²) in [5, 5.41) is 9.32. The molecule has 4 heteroatoms. The first kappa shape index (κ1) is 10.9. The first-order valence-corrected chi connectivity index (χ1v) is 5.79. The van der Waals surface area contributed by atoms with E-state index in [0.717, 1.165) is 16.6 Å². The number of aryl methyl sites for hydroxylation is 1. The molecule has 0 spiro atoms. The van der Waals surface area contributed by atoms with Gasteiger partial charge in [-0.25, -0.2) is 4.98 Å². The maximum Gasteiger partial charge on any atom is 0.157 e. The van der Waals surface area contributed by atoms with E-state index in [1.165, 1.54) is 5.56 Å². The molecule has 0 saturated heterocycles. The molecule has 1 aromatic carbocycles. The number of aromatic amines is 1. The first-order chi connectivity index (χ1) is 8.78. The molecule has 0 atom stereocenters. The molecule has 0 aliphatic rings. The number of aliphatic hydroxyl groups excluding tert-OH is 1. The third-order valence-corrected chi connectivity index (χ3v) is 2.92. The molecule has 0 fully saturated rings. The van der Waals surface area contributed by atoms with Crippen LogP contribution in [0, 0.1) is 6.92 Å². The molecule has 0 radical (unpaired) electrons. The van der Waals surface area contributed by atoms with Crippen LogP contribution in [0.4, 0.5) is 0 Å². The minimum atomic E-state index is -0.0424. The first-order valence-electron chi connectivity index (χ1n) is 5.79. The molecule has 90 valence electrons. The quantitative estimate of drug-likeness (QED) is 0.722. The van der Waals surface area contributed by atoms with Crippen molar-refractivity contribution in [1.82, 2.24) is 15.0 Å². The fraction of sp³-hybridized carbons (Fsp3) is 0.143. The van der Waals surface area contributed by atoms with Crippen LogP contribution >= 0.6 is 0 Å². The zero-order valence-corrected chi connectivity index (χ0v) is 10.0. The van der Waals surface area contributed by atoms with Gasteiger partial charge in [0.25, 0.3) is 0 Å². The van der Waals surface area contributed by atoms with Crippen molar-refractivity contribution < 1.29 is 5.11 Å². The number of fused-ring (bicyclic) bond motifs is 1. The lowest BCUT2D eigenvalue weighted by molar-refractivity contribution is 0.282. The second-order valence-electron chi connectivity index (χ2n) is 4.28. The largest absolute Gasteiger partial charge is 0.392 e. The van der Waals surface area contributed by atoms with E-state index in [2.05, 4.69) is 15.0 Å². The Morgan fingerprint density at radius 1 is 1.28 bits per heavy atom. The highest BCUT2D eigenvalue weighted by molar-refractivity contribution is 5.79. The maximum absolute atomic E-state index is 9.32. The van der Waals surface area contributed by atoms with Gasteiger partial charge in [0.1, 0.15) is 5.69 Å². The number of hydrogen-bond acceptors (Lipinski definition) is 3. The zero-order chi connectivity index (χ0) is 12.5. The Balaban J connectivity index is 2.19. The number of nitrogens with one attached hydrogen (secondary N) is 1. The highest BCUT2D eigenvalue weighted by Crippen LogP contribution is 2.22. The molecule has 3 aromatic rings. The monoisotopic (exact) mass is 239 g/mol. The van der Waals surface area contributed by atoms with Crippen molar-refractivity contribution in [3.05, 3.63) is 47.7 Å². The van der Waals surface area contributed by atoms with Crippen LogP contribution in [-0.2, 0) is 6.61 Å². The van der Waals surface area contributed by atoms with E-state index in [0.29, 0.717) is 11.5 Å². The summed E-state index contributed by atoms with van der Waals surface area (Å²) in [7, 11) is 0. The van der Waals surface area contributed by atoms with Gasteiger partial charge >= 0.3 is 0 Å². The highest BCUT2D eigenvalue weighted by atomic mass is 16.3. The molecule has 3 rings (SSSR count). The van der Waals surface area contributed by atoms with E-state index in [4.69, 9.17) is 0 Å². The van der Waals surface area contributed by atoms with Gasteiger partial charge in [-0.05, 0) is 30.7 Å². The van der Waals surface area contributed by atoms with Gasteiger partial charge in [0, 0.05) is 11.8 Å². The molecule has 0 amide bonds. The standard InChI is InChI=1S/C14H13N3O/c1-9-4-5-11-12(7-9)17-14(16-11)13-10(8-18)3-2-6-15-13/h2-7,18H,8H2,1H3,(H,16,17). The van der Waals surface area contributed by atoms with E-state index in [1.807, 2.05) is 37.3 Å². The van der Waals surface area contributed by atoms with E-state index in [1.54, 1.807) is 6.20 Å². The number of aliphatic hydroxyl groups is 1. The van der Waals surface area contributed by atoms with Crippen LogP contribution < -0.4 is 0 Å². The molecule has 0 saturated carbocycles. The number of hydrogen-bond donors (Lipinski definition) is 2. The summed E-state index contributed by atoms with van der Waals surface area (Å²) in [6.07, 6.45) is 1.70. The van der Waals surface area contributed by atoms with Crippen molar-refractivity contribution >= 4 is 11.0 Å². The number of pyridine rings is 1. The van der Waals surface area contributed by atoms with Crippen LogP contribution in [0.2, 0.25) is 0 Å². The Kier molecular flexibility index (Phi) is 2.57. The molecule has 4 nitrogen and oxygen atoms in total. The highest BCUT2D eigenvalue weighted by Gasteiger charge is 2.10. The SMILES string of the molecule is Cc1ccc2nc(-c3ncccc3CO)[nH]c2c1.